The third-order valence-electron chi connectivity index (χ3n) is 0.516. The smallest absolute Gasteiger partial charge is 0.754 e. The van der Waals surface area contributed by atoms with Crippen LogP contribution in [0.4, 0.5) is 9.59 Å². The third-order valence-corrected chi connectivity index (χ3v) is 1.15. The molecule has 0 unspecified atom stereocenters. The van der Waals surface area contributed by atoms with Gasteiger partial charge in [0, 0.05) is 0 Å². The van der Waals surface area contributed by atoms with Crippen molar-refractivity contribution in [2.45, 2.75) is 0 Å². The van der Waals surface area contributed by atoms with Crippen LogP contribution in [0, 0.1) is 0 Å². The molecule has 0 atom stereocenters. The number of nitrogens with one attached hydrogen (secondary N) is 2. The predicted molar refractivity (Wildman–Crippen MR) is 35.2 cm³/mol. The molecule has 76 valence electrons. The maximum absolute atomic E-state index is 10.5. The molecule has 12 heteroatoms. The molecule has 0 spiro atoms. The minimum atomic E-state index is -4.87. The Labute approximate surface area is 100 Å². The van der Waals surface area contributed by atoms with E-state index >= 15 is 0 Å². The van der Waals surface area contributed by atoms with Crippen molar-refractivity contribution in [1.82, 2.24) is 11.0 Å². The Balaban J connectivity index is 0. The van der Waals surface area contributed by atoms with E-state index in [2.05, 4.69) is 20.7 Å². The molecule has 0 saturated heterocycles. The Bertz CT molecular complexity index is 236. The fourth-order valence-corrected chi connectivity index (χ4v) is 0.661. The average Bonchev–Trinajstić information content (AvgIpc) is 1.98. The van der Waals surface area contributed by atoms with Crippen LogP contribution in [0.5, 0.6) is 0 Å². The molecule has 0 bridgehead atoms. The van der Waals surface area contributed by atoms with Crippen molar-refractivity contribution >= 4 is 19.9 Å². The Morgan fingerprint density at radius 1 is 1.14 bits per heavy atom. The van der Waals surface area contributed by atoms with Crippen LogP contribution in [-0.4, -0.2) is 12.1 Å². The van der Waals surface area contributed by atoms with Gasteiger partial charge in [-0.25, -0.2) is 20.5 Å². The predicted octanol–water partition coefficient (Wildman–Crippen LogP) is -5.34. The summed E-state index contributed by atoms with van der Waals surface area (Å²) in [6.07, 6.45) is 0. The van der Waals surface area contributed by atoms with E-state index in [1.165, 1.54) is 11.0 Å². The second kappa shape index (κ2) is 7.01. The van der Waals surface area contributed by atoms with Crippen LogP contribution in [0.3, 0.4) is 0 Å². The summed E-state index contributed by atoms with van der Waals surface area (Å²) in [5.74, 6) is 0. The van der Waals surface area contributed by atoms with Crippen molar-refractivity contribution in [2.24, 2.45) is 11.5 Å². The maximum Gasteiger partial charge on any atom is 1.00 e. The molecule has 0 fully saturated rings. The van der Waals surface area contributed by atoms with Gasteiger partial charge >= 0.3 is 49.4 Å². The van der Waals surface area contributed by atoms with Gasteiger partial charge in [0.1, 0.15) is 0 Å². The van der Waals surface area contributed by atoms with Crippen LogP contribution in [-0.2, 0) is 13.8 Å². The van der Waals surface area contributed by atoms with Crippen LogP contribution >= 0.6 is 7.82 Å². The minimum absolute atomic E-state index is 0. The van der Waals surface area contributed by atoms with Crippen molar-refractivity contribution in [3.63, 3.8) is 0 Å². The number of rotatable bonds is 4. The summed E-state index contributed by atoms with van der Waals surface area (Å²) in [6.45, 7) is 0. The van der Waals surface area contributed by atoms with Crippen molar-refractivity contribution in [3.05, 3.63) is 0 Å². The zero-order valence-corrected chi connectivity index (χ0v) is 9.95. The Morgan fingerprint density at radius 2 is 1.43 bits per heavy atom. The van der Waals surface area contributed by atoms with E-state index < -0.39 is 19.9 Å². The molecule has 0 aliphatic rings. The molecular weight excluding hydrogens is 230 g/mol. The van der Waals surface area contributed by atoms with E-state index in [0.717, 1.165) is 0 Å². The molecule has 0 aromatic heterocycles. The Hall–Kier alpha value is -0.350. The van der Waals surface area contributed by atoms with Gasteiger partial charge < -0.3 is 16.4 Å². The molecule has 0 aromatic carbocycles. The molecule has 14 heavy (non-hydrogen) atoms. The van der Waals surface area contributed by atoms with Crippen molar-refractivity contribution in [3.8, 4) is 0 Å². The first-order chi connectivity index (χ1) is 5.83. The van der Waals surface area contributed by atoms with Gasteiger partial charge in [0.25, 0.3) is 0 Å². The summed E-state index contributed by atoms with van der Waals surface area (Å²) in [6, 6.07) is -2.50. The van der Waals surface area contributed by atoms with Gasteiger partial charge in [0.2, 0.25) is 0 Å². The molecule has 0 heterocycles. The molecule has 0 aromatic rings. The standard InChI is InChI=1S/C2H7N4O6P.Na/c3-1(7)5-11-13(9,10)12-6-2(4)8;/h(H,9,10)(H3,3,5,7)(H3,4,6,8);/q;+1/p-1. The van der Waals surface area contributed by atoms with Gasteiger partial charge in [-0.1, -0.05) is 0 Å². The first-order valence-electron chi connectivity index (χ1n) is 2.62. The van der Waals surface area contributed by atoms with Crippen LogP contribution < -0.4 is 56.9 Å². The number of carbonyl (C=O) groups excluding carboxylic acids is 2. The minimum Gasteiger partial charge on any atom is -0.754 e. The van der Waals surface area contributed by atoms with Gasteiger partial charge in [0.15, 0.2) is 0 Å². The zero-order chi connectivity index (χ0) is 10.5. The molecule has 0 aliphatic heterocycles. The Kier molecular flexibility index (Phi) is 8.06. The summed E-state index contributed by atoms with van der Waals surface area (Å²) >= 11 is 0. The molecule has 4 amide bonds. The Morgan fingerprint density at radius 3 is 1.64 bits per heavy atom. The largest absolute Gasteiger partial charge is 1.00 e. The monoisotopic (exact) mass is 236 g/mol. The molecule has 0 rings (SSSR count). The molecule has 0 saturated carbocycles. The summed E-state index contributed by atoms with van der Waals surface area (Å²) < 4.78 is 17.7. The number of hydroxylamine groups is 2. The number of carbonyl (C=O) groups is 2. The van der Waals surface area contributed by atoms with Crippen molar-refractivity contribution in [2.75, 3.05) is 0 Å². The van der Waals surface area contributed by atoms with Crippen molar-refractivity contribution in [1.29, 1.82) is 0 Å². The molecule has 10 nitrogen and oxygen atoms in total. The maximum atomic E-state index is 10.5. The van der Waals surface area contributed by atoms with Gasteiger partial charge in [-0.15, -0.1) is 0 Å². The number of phosphoric acid groups is 1. The van der Waals surface area contributed by atoms with E-state index in [-0.39, 0.29) is 29.6 Å². The van der Waals surface area contributed by atoms with Gasteiger partial charge in [-0.2, -0.15) is 9.25 Å². The van der Waals surface area contributed by atoms with E-state index in [1.54, 1.807) is 0 Å². The molecular formula is C2H6N4NaO6P. The van der Waals surface area contributed by atoms with Crippen LogP contribution in [0.15, 0.2) is 0 Å². The van der Waals surface area contributed by atoms with Crippen LogP contribution in [0.2, 0.25) is 0 Å². The van der Waals surface area contributed by atoms with Gasteiger partial charge in [-0.3, -0.25) is 4.57 Å². The fraction of sp³-hybridized carbons (Fsp3) is 0. The quantitative estimate of drug-likeness (QED) is 0.216. The third kappa shape index (κ3) is 9.74. The first kappa shape index (κ1) is 16.1. The van der Waals surface area contributed by atoms with E-state index in [4.69, 9.17) is 0 Å². The molecule has 6 N–H and O–H groups in total. The molecule has 0 radical (unpaired) electrons. The second-order valence-electron chi connectivity index (χ2n) is 1.56. The molecule has 0 aliphatic carbocycles. The number of hydrogen-bond acceptors (Lipinski definition) is 6. The van der Waals surface area contributed by atoms with E-state index in [0.29, 0.717) is 0 Å². The average molecular weight is 236 g/mol. The topological polar surface area (TPSA) is 169 Å². The number of hydrogen-bond donors (Lipinski definition) is 4. The summed E-state index contributed by atoms with van der Waals surface area (Å²) in [7, 11) is -4.87. The van der Waals surface area contributed by atoms with Crippen LogP contribution in [0.1, 0.15) is 0 Å². The van der Waals surface area contributed by atoms with Gasteiger partial charge in [0.05, 0.1) is 0 Å². The number of nitrogens with two attached hydrogens (primary N) is 2. The summed E-state index contributed by atoms with van der Waals surface area (Å²) in [4.78, 5) is 30.4. The number of primary amides is 2. The van der Waals surface area contributed by atoms with Crippen molar-refractivity contribution < 1.29 is 57.9 Å². The SMILES string of the molecule is NC(=O)NOP(=O)([O-])ONC(N)=O.[Na+]. The van der Waals surface area contributed by atoms with E-state index in [9.17, 15) is 19.0 Å². The summed E-state index contributed by atoms with van der Waals surface area (Å²) in [5, 5.41) is 0. The summed E-state index contributed by atoms with van der Waals surface area (Å²) in [5.41, 5.74) is 11.4. The number of urea groups is 2. The van der Waals surface area contributed by atoms with E-state index in [1.807, 2.05) is 0 Å². The number of amides is 4. The fourth-order valence-electron chi connectivity index (χ4n) is 0.220. The second-order valence-corrected chi connectivity index (χ2v) is 2.82. The van der Waals surface area contributed by atoms with Gasteiger partial charge in [-0.05, 0) is 0 Å². The first-order valence-corrected chi connectivity index (χ1v) is 4.08. The normalized spacial score (nSPS) is 9.79. The zero-order valence-electron chi connectivity index (χ0n) is 7.05. The van der Waals surface area contributed by atoms with Crippen LogP contribution in [0.25, 0.3) is 0 Å².